The molecule has 5 heteroatoms. The molecule has 3 rings (SSSR count). The molecule has 3 heterocycles. The Morgan fingerprint density at radius 3 is 2.68 bits per heavy atom. The van der Waals surface area contributed by atoms with E-state index in [2.05, 4.69) is 9.97 Å². The van der Waals surface area contributed by atoms with Crippen molar-refractivity contribution in [2.45, 2.75) is 37.3 Å². The fraction of sp³-hybridized carbons (Fsp3) is 0.714. The summed E-state index contributed by atoms with van der Waals surface area (Å²) in [5, 5.41) is 0. The number of hydrogen-bond acceptors (Lipinski definition) is 5. The molecule has 1 spiro atoms. The highest BCUT2D eigenvalue weighted by Gasteiger charge is 2.40. The molecule has 2 N–H and O–H groups in total. The molecule has 2 aliphatic heterocycles. The van der Waals surface area contributed by atoms with Crippen LogP contribution >= 0.6 is 0 Å². The van der Waals surface area contributed by atoms with Crippen molar-refractivity contribution in [2.24, 2.45) is 11.7 Å². The van der Waals surface area contributed by atoms with Crippen molar-refractivity contribution in [1.29, 1.82) is 0 Å². The third kappa shape index (κ3) is 2.78. The van der Waals surface area contributed by atoms with Crippen molar-refractivity contribution in [3.05, 3.63) is 24.3 Å². The number of nitrogens with two attached hydrogens (primary N) is 1. The van der Waals surface area contributed by atoms with Crippen molar-refractivity contribution >= 4 is 0 Å². The minimum absolute atomic E-state index is 0.00446. The normalized spacial score (nSPS) is 28.2. The van der Waals surface area contributed by atoms with Crippen LogP contribution in [-0.4, -0.2) is 35.4 Å². The van der Waals surface area contributed by atoms with Gasteiger partial charge in [0.1, 0.15) is 6.33 Å². The molecule has 0 radical (unpaired) electrons. The fourth-order valence-corrected chi connectivity index (χ4v) is 3.22. The van der Waals surface area contributed by atoms with Gasteiger partial charge in [0.25, 0.3) is 0 Å². The molecule has 1 aromatic heterocycles. The molecule has 1 aromatic rings. The van der Waals surface area contributed by atoms with E-state index < -0.39 is 0 Å². The van der Waals surface area contributed by atoms with Crippen molar-refractivity contribution < 1.29 is 9.47 Å². The molecule has 19 heavy (non-hydrogen) atoms. The average Bonchev–Trinajstić information content (AvgIpc) is 2.48. The van der Waals surface area contributed by atoms with Gasteiger partial charge in [0.2, 0.25) is 0 Å². The predicted octanol–water partition coefficient (Wildman–Crippen LogP) is 1.45. The van der Waals surface area contributed by atoms with E-state index in [0.717, 1.165) is 51.1 Å². The predicted molar refractivity (Wildman–Crippen MR) is 70.4 cm³/mol. The highest BCUT2D eigenvalue weighted by molar-refractivity contribution is 5.11. The largest absolute Gasteiger partial charge is 0.381 e. The van der Waals surface area contributed by atoms with Crippen LogP contribution in [0.1, 0.15) is 37.3 Å². The zero-order chi connectivity index (χ0) is 13.1. The first-order chi connectivity index (χ1) is 9.29. The molecule has 0 aliphatic carbocycles. The van der Waals surface area contributed by atoms with E-state index in [1.54, 1.807) is 6.33 Å². The molecule has 104 valence electrons. The van der Waals surface area contributed by atoms with E-state index in [4.69, 9.17) is 15.2 Å². The maximum Gasteiger partial charge on any atom is 0.115 e. The van der Waals surface area contributed by atoms with Gasteiger partial charge in [-0.25, -0.2) is 9.97 Å². The molecular formula is C14H21N3O2. The molecular weight excluding hydrogens is 242 g/mol. The minimum Gasteiger partial charge on any atom is -0.381 e. The molecule has 0 aromatic carbocycles. The first kappa shape index (κ1) is 13.0. The SMILES string of the molecule is NC(c1cncnc1)C1CCOC2(CCOCC2)C1. The van der Waals surface area contributed by atoms with Gasteiger partial charge in [-0.3, -0.25) is 0 Å². The van der Waals surface area contributed by atoms with Crippen LogP contribution in [0.3, 0.4) is 0 Å². The van der Waals surface area contributed by atoms with E-state index in [1.807, 2.05) is 12.4 Å². The first-order valence-electron chi connectivity index (χ1n) is 7.01. The summed E-state index contributed by atoms with van der Waals surface area (Å²) in [6, 6.07) is 0.00446. The smallest absolute Gasteiger partial charge is 0.115 e. The molecule has 2 saturated heterocycles. The highest BCUT2D eigenvalue weighted by Crippen LogP contribution is 2.40. The van der Waals surface area contributed by atoms with Gasteiger partial charge < -0.3 is 15.2 Å². The second-order valence-corrected chi connectivity index (χ2v) is 5.59. The number of rotatable bonds is 2. The van der Waals surface area contributed by atoms with E-state index >= 15 is 0 Å². The zero-order valence-corrected chi connectivity index (χ0v) is 11.1. The van der Waals surface area contributed by atoms with Crippen LogP contribution in [0.4, 0.5) is 0 Å². The summed E-state index contributed by atoms with van der Waals surface area (Å²) in [6.07, 6.45) is 9.20. The summed E-state index contributed by atoms with van der Waals surface area (Å²) in [5.74, 6) is 0.442. The molecule has 0 bridgehead atoms. The monoisotopic (exact) mass is 263 g/mol. The quantitative estimate of drug-likeness (QED) is 0.874. The van der Waals surface area contributed by atoms with Crippen LogP contribution in [0.5, 0.6) is 0 Å². The Bertz CT molecular complexity index is 401. The van der Waals surface area contributed by atoms with Crippen molar-refractivity contribution in [3.63, 3.8) is 0 Å². The molecule has 5 nitrogen and oxygen atoms in total. The van der Waals surface area contributed by atoms with Gasteiger partial charge in [0.05, 0.1) is 5.60 Å². The van der Waals surface area contributed by atoms with Crippen LogP contribution in [0.15, 0.2) is 18.7 Å². The molecule has 0 saturated carbocycles. The van der Waals surface area contributed by atoms with Gasteiger partial charge >= 0.3 is 0 Å². The van der Waals surface area contributed by atoms with E-state index in [0.29, 0.717) is 5.92 Å². The zero-order valence-electron chi connectivity index (χ0n) is 11.1. The van der Waals surface area contributed by atoms with E-state index in [9.17, 15) is 0 Å². The van der Waals surface area contributed by atoms with Crippen LogP contribution < -0.4 is 5.73 Å². The lowest BCUT2D eigenvalue weighted by atomic mass is 9.77. The van der Waals surface area contributed by atoms with Crippen molar-refractivity contribution in [2.75, 3.05) is 19.8 Å². The summed E-state index contributed by atoms with van der Waals surface area (Å²) in [4.78, 5) is 8.12. The van der Waals surface area contributed by atoms with Gasteiger partial charge in [0.15, 0.2) is 0 Å². The topological polar surface area (TPSA) is 70.3 Å². The van der Waals surface area contributed by atoms with Crippen LogP contribution in [0.25, 0.3) is 0 Å². The second kappa shape index (κ2) is 5.53. The summed E-state index contributed by atoms with van der Waals surface area (Å²) >= 11 is 0. The molecule has 2 unspecified atom stereocenters. The van der Waals surface area contributed by atoms with Gasteiger partial charge in [-0.15, -0.1) is 0 Å². The third-order valence-electron chi connectivity index (χ3n) is 4.41. The lowest BCUT2D eigenvalue weighted by Gasteiger charge is -2.44. The number of aromatic nitrogens is 2. The Morgan fingerprint density at radius 1 is 1.21 bits per heavy atom. The van der Waals surface area contributed by atoms with Crippen molar-refractivity contribution in [3.8, 4) is 0 Å². The maximum atomic E-state index is 6.39. The summed E-state index contributed by atoms with van der Waals surface area (Å²) in [6.45, 7) is 2.40. The second-order valence-electron chi connectivity index (χ2n) is 5.59. The lowest BCUT2D eigenvalue weighted by Crippen LogP contribution is -2.46. The van der Waals surface area contributed by atoms with Gasteiger partial charge in [-0.2, -0.15) is 0 Å². The van der Waals surface area contributed by atoms with Crippen LogP contribution in [0.2, 0.25) is 0 Å². The number of ether oxygens (including phenoxy) is 2. The van der Waals surface area contributed by atoms with E-state index in [-0.39, 0.29) is 11.6 Å². The summed E-state index contributed by atoms with van der Waals surface area (Å²) in [7, 11) is 0. The minimum atomic E-state index is -0.00553. The van der Waals surface area contributed by atoms with Crippen molar-refractivity contribution in [1.82, 2.24) is 9.97 Å². The standard InChI is InChI=1S/C14H21N3O2/c15-13(12-8-16-10-17-9-12)11-1-4-19-14(7-11)2-5-18-6-3-14/h8-11,13H,1-7,15H2. The summed E-state index contributed by atoms with van der Waals surface area (Å²) < 4.78 is 11.5. The fourth-order valence-electron chi connectivity index (χ4n) is 3.22. The van der Waals surface area contributed by atoms with E-state index in [1.165, 1.54) is 0 Å². The van der Waals surface area contributed by atoms with Crippen LogP contribution in [0, 0.1) is 5.92 Å². The van der Waals surface area contributed by atoms with Gasteiger partial charge in [-0.1, -0.05) is 0 Å². The third-order valence-corrected chi connectivity index (χ3v) is 4.41. The number of hydrogen-bond donors (Lipinski definition) is 1. The molecule has 0 amide bonds. The molecule has 2 fully saturated rings. The van der Waals surface area contributed by atoms with Gasteiger partial charge in [-0.05, 0) is 31.6 Å². The molecule has 2 atom stereocenters. The Balaban J connectivity index is 1.71. The first-order valence-corrected chi connectivity index (χ1v) is 7.01. The Morgan fingerprint density at radius 2 is 1.95 bits per heavy atom. The van der Waals surface area contributed by atoms with Gasteiger partial charge in [0, 0.05) is 43.8 Å². The number of nitrogens with zero attached hydrogens (tertiary/aromatic N) is 2. The Hall–Kier alpha value is -1.04. The Kier molecular flexibility index (Phi) is 3.77. The lowest BCUT2D eigenvalue weighted by molar-refractivity contribution is -0.149. The highest BCUT2D eigenvalue weighted by atomic mass is 16.5. The average molecular weight is 263 g/mol. The summed E-state index contributed by atoms with van der Waals surface area (Å²) in [5.41, 5.74) is 7.41. The van der Waals surface area contributed by atoms with Crippen LogP contribution in [-0.2, 0) is 9.47 Å². The Labute approximate surface area is 113 Å². The molecule has 2 aliphatic rings. The maximum absolute atomic E-state index is 6.39.